The highest BCUT2D eigenvalue weighted by Crippen LogP contribution is 2.25. The number of alkyl halides is 1. The molecule has 0 bridgehead atoms. The second-order valence-corrected chi connectivity index (χ2v) is 3.94. The zero-order valence-electron chi connectivity index (χ0n) is 5.89. The molecule has 0 aliphatic rings. The first-order valence-corrected chi connectivity index (χ1v) is 4.84. The van der Waals surface area contributed by atoms with Crippen molar-refractivity contribution >= 4 is 31.9 Å². The van der Waals surface area contributed by atoms with E-state index in [1.54, 1.807) is 12.1 Å². The lowest BCUT2D eigenvalue weighted by Crippen LogP contribution is -1.87. The Kier molecular flexibility index (Phi) is 3.24. The Morgan fingerprint density at radius 2 is 2.17 bits per heavy atom. The van der Waals surface area contributed by atoms with Crippen molar-refractivity contribution in [3.63, 3.8) is 0 Å². The highest BCUT2D eigenvalue weighted by atomic mass is 79.9. The van der Waals surface area contributed by atoms with Crippen LogP contribution in [0.15, 0.2) is 22.7 Å². The molecule has 0 fully saturated rings. The minimum Gasteiger partial charge on any atom is -0.206 e. The van der Waals surface area contributed by atoms with Gasteiger partial charge in [-0.05, 0) is 33.6 Å². The fourth-order valence-corrected chi connectivity index (χ4v) is 1.43. The van der Waals surface area contributed by atoms with E-state index in [1.807, 2.05) is 6.07 Å². The minimum atomic E-state index is -0.380. The number of benzene rings is 1. The molecule has 1 aromatic rings. The average Bonchev–Trinajstić information content (AvgIpc) is 2.08. The highest BCUT2D eigenvalue weighted by Gasteiger charge is 2.07. The summed E-state index contributed by atoms with van der Waals surface area (Å²) in [5.41, 5.74) is 0.741. The van der Waals surface area contributed by atoms with Gasteiger partial charge in [0.05, 0.1) is 10.5 Å². The van der Waals surface area contributed by atoms with Crippen LogP contribution in [0.2, 0.25) is 0 Å². The van der Waals surface area contributed by atoms with Gasteiger partial charge in [-0.1, -0.05) is 22.0 Å². The van der Waals surface area contributed by atoms with Crippen molar-refractivity contribution in [2.24, 2.45) is 0 Å². The molecule has 0 amide bonds. The summed E-state index contributed by atoms with van der Waals surface area (Å²) in [5.74, 6) is -0.323. The topological polar surface area (TPSA) is 23.8 Å². The summed E-state index contributed by atoms with van der Waals surface area (Å²) in [7, 11) is 0. The Labute approximate surface area is 86.5 Å². The Morgan fingerprint density at radius 3 is 2.67 bits per heavy atom. The van der Waals surface area contributed by atoms with Crippen LogP contribution in [0.3, 0.4) is 0 Å². The van der Waals surface area contributed by atoms with Crippen molar-refractivity contribution in [3.05, 3.63) is 34.1 Å². The van der Waals surface area contributed by atoms with Crippen LogP contribution in [-0.4, -0.2) is 0 Å². The lowest BCUT2D eigenvalue weighted by atomic mass is 10.2. The van der Waals surface area contributed by atoms with Gasteiger partial charge in [0, 0.05) is 0 Å². The van der Waals surface area contributed by atoms with E-state index in [9.17, 15) is 4.39 Å². The fraction of sp³-hybridized carbons (Fsp3) is 0.125. The summed E-state index contributed by atoms with van der Waals surface area (Å²) in [5, 5.41) is 8.54. The maximum absolute atomic E-state index is 12.7. The third-order valence-electron chi connectivity index (χ3n) is 1.35. The molecule has 4 heteroatoms. The van der Waals surface area contributed by atoms with Gasteiger partial charge in [0.15, 0.2) is 0 Å². The number of halogens is 3. The maximum atomic E-state index is 12.7. The van der Waals surface area contributed by atoms with Crippen molar-refractivity contribution in [1.29, 1.82) is 5.26 Å². The van der Waals surface area contributed by atoms with E-state index in [0.717, 1.165) is 5.56 Å². The Bertz CT molecular complexity index is 332. The minimum absolute atomic E-state index is 0.323. The molecule has 0 radical (unpaired) electrons. The maximum Gasteiger partial charge on any atom is 0.137 e. The number of hydrogen-bond acceptors (Lipinski definition) is 1. The van der Waals surface area contributed by atoms with Gasteiger partial charge in [0.25, 0.3) is 0 Å². The Balaban J connectivity index is 3.06. The number of hydrogen-bond donors (Lipinski definition) is 0. The van der Waals surface area contributed by atoms with Gasteiger partial charge >= 0.3 is 0 Å². The molecule has 0 aliphatic heterocycles. The predicted molar refractivity (Wildman–Crippen MR) is 51.4 cm³/mol. The summed E-state index contributed by atoms with van der Waals surface area (Å²) in [6.45, 7) is 0. The molecule has 1 atom stereocenters. The van der Waals surface area contributed by atoms with Crippen LogP contribution in [0.25, 0.3) is 0 Å². The Morgan fingerprint density at radius 1 is 1.50 bits per heavy atom. The Hall–Kier alpha value is -0.400. The van der Waals surface area contributed by atoms with E-state index < -0.39 is 0 Å². The van der Waals surface area contributed by atoms with E-state index in [4.69, 9.17) is 5.26 Å². The van der Waals surface area contributed by atoms with Crippen molar-refractivity contribution in [3.8, 4) is 6.07 Å². The average molecular weight is 293 g/mol. The zero-order valence-corrected chi connectivity index (χ0v) is 9.06. The summed E-state index contributed by atoms with van der Waals surface area (Å²) >= 11 is 6.18. The first-order chi connectivity index (χ1) is 5.65. The van der Waals surface area contributed by atoms with Gasteiger partial charge in [-0.25, -0.2) is 4.39 Å². The van der Waals surface area contributed by atoms with Crippen LogP contribution in [0.5, 0.6) is 0 Å². The molecule has 12 heavy (non-hydrogen) atoms. The summed E-state index contributed by atoms with van der Waals surface area (Å²) in [4.78, 5) is -0.380. The molecule has 0 saturated heterocycles. The first-order valence-electron chi connectivity index (χ1n) is 3.14. The molecule has 1 nitrogen and oxygen atoms in total. The molecule has 0 N–H and O–H groups in total. The molecule has 0 aromatic heterocycles. The van der Waals surface area contributed by atoms with Gasteiger partial charge in [-0.2, -0.15) is 5.26 Å². The molecule has 0 heterocycles. The van der Waals surface area contributed by atoms with E-state index in [1.165, 1.54) is 6.07 Å². The van der Waals surface area contributed by atoms with Gasteiger partial charge in [0.1, 0.15) is 10.6 Å². The number of nitrogens with zero attached hydrogens (tertiary/aromatic N) is 1. The summed E-state index contributed by atoms with van der Waals surface area (Å²) in [6.07, 6.45) is 0. The van der Waals surface area contributed by atoms with Crippen LogP contribution in [-0.2, 0) is 0 Å². The third kappa shape index (κ3) is 2.05. The second kappa shape index (κ2) is 4.01. The molecule has 0 spiro atoms. The second-order valence-electron chi connectivity index (χ2n) is 2.17. The van der Waals surface area contributed by atoms with Crippen molar-refractivity contribution in [2.45, 2.75) is 4.83 Å². The van der Waals surface area contributed by atoms with Crippen molar-refractivity contribution in [1.82, 2.24) is 0 Å². The third-order valence-corrected chi connectivity index (χ3v) is 2.69. The van der Waals surface area contributed by atoms with Gasteiger partial charge in [-0.3, -0.25) is 0 Å². The molecule has 62 valence electrons. The first kappa shape index (κ1) is 9.69. The lowest BCUT2D eigenvalue weighted by Gasteiger charge is -2.01. The van der Waals surface area contributed by atoms with Crippen LogP contribution in [0, 0.1) is 17.1 Å². The molecular formula is C8H4Br2FN. The van der Waals surface area contributed by atoms with Gasteiger partial charge < -0.3 is 0 Å². The highest BCUT2D eigenvalue weighted by molar-refractivity contribution is 9.10. The largest absolute Gasteiger partial charge is 0.206 e. The summed E-state index contributed by atoms with van der Waals surface area (Å²) in [6, 6.07) is 6.48. The molecular weight excluding hydrogens is 289 g/mol. The van der Waals surface area contributed by atoms with E-state index in [2.05, 4.69) is 31.9 Å². The van der Waals surface area contributed by atoms with Crippen molar-refractivity contribution < 1.29 is 4.39 Å². The number of nitriles is 1. The normalized spacial score (nSPS) is 12.2. The predicted octanol–water partition coefficient (Wildman–Crippen LogP) is 3.55. The SMILES string of the molecule is N#CC(Br)c1ccc(F)c(Br)c1. The smallest absolute Gasteiger partial charge is 0.137 e. The van der Waals surface area contributed by atoms with Crippen LogP contribution < -0.4 is 0 Å². The van der Waals surface area contributed by atoms with E-state index >= 15 is 0 Å². The fourth-order valence-electron chi connectivity index (χ4n) is 0.745. The van der Waals surface area contributed by atoms with E-state index in [-0.39, 0.29) is 10.6 Å². The molecule has 1 aromatic carbocycles. The number of rotatable bonds is 1. The van der Waals surface area contributed by atoms with E-state index in [0.29, 0.717) is 4.47 Å². The molecule has 0 aliphatic carbocycles. The van der Waals surface area contributed by atoms with Crippen LogP contribution in [0.4, 0.5) is 4.39 Å². The standard InChI is InChI=1S/C8H4Br2FN/c9-6-3-5(7(10)4-12)1-2-8(6)11/h1-3,7H. The lowest BCUT2D eigenvalue weighted by molar-refractivity contribution is 0.620. The monoisotopic (exact) mass is 291 g/mol. The zero-order chi connectivity index (χ0) is 9.14. The quantitative estimate of drug-likeness (QED) is 0.726. The summed E-state index contributed by atoms with van der Waals surface area (Å²) < 4.78 is 13.1. The van der Waals surface area contributed by atoms with Crippen molar-refractivity contribution in [2.75, 3.05) is 0 Å². The molecule has 1 rings (SSSR count). The van der Waals surface area contributed by atoms with Gasteiger partial charge in [0.2, 0.25) is 0 Å². The molecule has 1 unspecified atom stereocenters. The molecule has 0 saturated carbocycles. The van der Waals surface area contributed by atoms with Crippen LogP contribution in [0.1, 0.15) is 10.4 Å². The van der Waals surface area contributed by atoms with Crippen LogP contribution >= 0.6 is 31.9 Å². The van der Waals surface area contributed by atoms with Gasteiger partial charge in [-0.15, -0.1) is 0 Å².